The molecule has 0 bridgehead atoms. The molecule has 1 aliphatic rings. The maximum atomic E-state index is 8.17. The summed E-state index contributed by atoms with van der Waals surface area (Å²) >= 11 is 9.95. The van der Waals surface area contributed by atoms with Crippen molar-refractivity contribution < 1.29 is 0 Å². The Labute approximate surface area is 449 Å². The van der Waals surface area contributed by atoms with Gasteiger partial charge in [0.05, 0.1) is 27.8 Å². The van der Waals surface area contributed by atoms with Crippen molar-refractivity contribution >= 4 is 78.5 Å². The van der Waals surface area contributed by atoms with E-state index >= 15 is 0 Å². The number of nitrogens with zero attached hydrogens (tertiary/aromatic N) is 3. The first kappa shape index (κ1) is 53.7. The van der Waals surface area contributed by atoms with Crippen LogP contribution in [0.4, 0.5) is 45.5 Å². The van der Waals surface area contributed by atoms with Crippen LogP contribution in [0.1, 0.15) is 156 Å². The molecule has 0 spiro atoms. The molecule has 1 atom stereocenters. The Bertz CT molecular complexity index is 3200. The molecular formula is C68H82ClN3S. The van der Waals surface area contributed by atoms with Crippen LogP contribution in [0.5, 0.6) is 0 Å². The maximum absolute atomic E-state index is 8.17. The van der Waals surface area contributed by atoms with E-state index in [9.17, 15) is 0 Å². The lowest BCUT2D eigenvalue weighted by atomic mass is 9.64. The van der Waals surface area contributed by atoms with E-state index in [2.05, 4.69) is 285 Å². The standard InChI is InChI=1S/C68H82ClN3S/c1-44-37-57(61(69)58(38-44)72(52-30-25-48(26-31-52)64(7,8)9)59-43-73-60-32-27-49(41-56(59)60)65(10,11)12)70(51-28-23-47(24-29-51)63(4,5)6)54-21-20-22-55(42-54)71(53-33-35-68(19,36-34-53)67(16,17)18)62-45(2)39-50(40-46(62)3)66(13,14)15/h20-35,37-43H,36H2,1-19H3. The first-order valence-corrected chi connectivity index (χ1v) is 27.7. The van der Waals surface area contributed by atoms with Crippen molar-refractivity contribution in [2.24, 2.45) is 10.8 Å². The second-order valence-corrected chi connectivity index (χ2v) is 27.7. The Morgan fingerprint density at radius 1 is 0.493 bits per heavy atom. The van der Waals surface area contributed by atoms with Gasteiger partial charge in [0.25, 0.3) is 0 Å². The zero-order valence-electron chi connectivity index (χ0n) is 47.6. The number of benzene rings is 6. The topological polar surface area (TPSA) is 9.72 Å². The van der Waals surface area contributed by atoms with Crippen LogP contribution in [0.3, 0.4) is 0 Å². The van der Waals surface area contributed by atoms with Crippen LogP contribution >= 0.6 is 22.9 Å². The maximum Gasteiger partial charge on any atom is 0.0887 e. The van der Waals surface area contributed by atoms with Crippen LogP contribution in [0, 0.1) is 31.6 Å². The Kier molecular flexibility index (Phi) is 14.2. The van der Waals surface area contributed by atoms with Gasteiger partial charge in [-0.05, 0) is 171 Å². The molecule has 0 radical (unpaired) electrons. The van der Waals surface area contributed by atoms with Crippen LogP contribution in [-0.2, 0) is 21.7 Å². The van der Waals surface area contributed by atoms with Gasteiger partial charge in [-0.25, -0.2) is 0 Å². The molecule has 0 saturated heterocycles. The second kappa shape index (κ2) is 19.3. The molecule has 0 N–H and O–H groups in total. The molecule has 7 aromatic rings. The number of fused-ring (bicyclic) bond motifs is 1. The number of thiophene rings is 1. The summed E-state index contributed by atoms with van der Waals surface area (Å²) in [5.41, 5.74) is 18.5. The van der Waals surface area contributed by atoms with Gasteiger partial charge < -0.3 is 14.7 Å². The van der Waals surface area contributed by atoms with Crippen molar-refractivity contribution in [2.75, 3.05) is 14.7 Å². The third-order valence-electron chi connectivity index (χ3n) is 15.6. The highest BCUT2D eigenvalue weighted by molar-refractivity contribution is 7.17. The first-order valence-electron chi connectivity index (χ1n) is 26.4. The van der Waals surface area contributed by atoms with Crippen molar-refractivity contribution in [1.29, 1.82) is 0 Å². The zero-order chi connectivity index (χ0) is 53.4. The van der Waals surface area contributed by atoms with E-state index in [-0.39, 0.29) is 32.5 Å². The minimum atomic E-state index is -0.0159. The van der Waals surface area contributed by atoms with Gasteiger partial charge in [0.15, 0.2) is 0 Å². The molecule has 1 heterocycles. The summed E-state index contributed by atoms with van der Waals surface area (Å²) in [7, 11) is 0. The lowest BCUT2D eigenvalue weighted by molar-refractivity contribution is 0.169. The Balaban J connectivity index is 1.38. The largest absolute Gasteiger partial charge is 0.310 e. The highest BCUT2D eigenvalue weighted by Crippen LogP contribution is 2.52. The molecule has 73 heavy (non-hydrogen) atoms. The van der Waals surface area contributed by atoms with E-state index in [1.165, 1.54) is 54.9 Å². The minimum Gasteiger partial charge on any atom is -0.310 e. The second-order valence-electron chi connectivity index (χ2n) is 26.4. The van der Waals surface area contributed by atoms with Crippen LogP contribution in [0.2, 0.25) is 5.02 Å². The molecule has 3 nitrogen and oxygen atoms in total. The van der Waals surface area contributed by atoms with Crippen LogP contribution in [-0.4, -0.2) is 0 Å². The van der Waals surface area contributed by atoms with Crippen molar-refractivity contribution in [2.45, 2.75) is 160 Å². The van der Waals surface area contributed by atoms with E-state index in [0.717, 1.165) is 51.8 Å². The van der Waals surface area contributed by atoms with E-state index in [4.69, 9.17) is 11.6 Å². The van der Waals surface area contributed by atoms with Gasteiger partial charge in [-0.2, -0.15) is 0 Å². The molecule has 0 aliphatic heterocycles. The third kappa shape index (κ3) is 10.9. The molecule has 0 amide bonds. The summed E-state index contributed by atoms with van der Waals surface area (Å²) in [6, 6.07) is 43.6. The average molecular weight is 1010 g/mol. The number of rotatable bonds is 9. The van der Waals surface area contributed by atoms with Gasteiger partial charge >= 0.3 is 0 Å². The number of hydrogen-bond donors (Lipinski definition) is 0. The molecule has 8 rings (SSSR count). The van der Waals surface area contributed by atoms with Crippen LogP contribution in [0.25, 0.3) is 10.1 Å². The number of aryl methyl sites for hydroxylation is 3. The summed E-state index contributed by atoms with van der Waals surface area (Å²) < 4.78 is 1.25. The Morgan fingerprint density at radius 3 is 1.45 bits per heavy atom. The molecule has 0 saturated carbocycles. The highest BCUT2D eigenvalue weighted by Gasteiger charge is 2.37. The smallest absolute Gasteiger partial charge is 0.0887 e. The average Bonchev–Trinajstić information content (AvgIpc) is 3.71. The van der Waals surface area contributed by atoms with Crippen molar-refractivity contribution in [3.05, 3.63) is 189 Å². The quantitative estimate of drug-likeness (QED) is 0.143. The predicted molar refractivity (Wildman–Crippen MR) is 323 cm³/mol. The Hall–Kier alpha value is -5.55. The number of anilines is 8. The lowest BCUT2D eigenvalue weighted by Crippen LogP contribution is -2.32. The zero-order valence-corrected chi connectivity index (χ0v) is 49.2. The summed E-state index contributed by atoms with van der Waals surface area (Å²) in [6.45, 7) is 43.7. The van der Waals surface area contributed by atoms with Gasteiger partial charge in [-0.15, -0.1) is 11.3 Å². The van der Waals surface area contributed by atoms with Gasteiger partial charge in [-0.3, -0.25) is 0 Å². The van der Waals surface area contributed by atoms with E-state index in [0.29, 0.717) is 5.02 Å². The van der Waals surface area contributed by atoms with Crippen molar-refractivity contribution in [3.8, 4) is 0 Å². The minimum absolute atomic E-state index is 0.00541. The normalized spacial score (nSPS) is 15.7. The molecule has 1 aromatic heterocycles. The van der Waals surface area contributed by atoms with E-state index in [1.54, 1.807) is 11.3 Å². The lowest BCUT2D eigenvalue weighted by Gasteiger charge is -2.42. The third-order valence-corrected chi connectivity index (χ3v) is 16.9. The molecule has 382 valence electrons. The summed E-state index contributed by atoms with van der Waals surface area (Å²) in [5.74, 6) is 0. The van der Waals surface area contributed by atoms with E-state index in [1.807, 2.05) is 0 Å². The van der Waals surface area contributed by atoms with Gasteiger partial charge in [0.1, 0.15) is 0 Å². The summed E-state index contributed by atoms with van der Waals surface area (Å²) in [6.07, 6.45) is 8.22. The predicted octanol–water partition coefficient (Wildman–Crippen LogP) is 21.6. The molecule has 0 fully saturated rings. The van der Waals surface area contributed by atoms with Gasteiger partial charge in [-0.1, -0.05) is 183 Å². The molecular weight excluding hydrogens is 926 g/mol. The van der Waals surface area contributed by atoms with Gasteiger partial charge in [0.2, 0.25) is 0 Å². The molecule has 5 heteroatoms. The number of halogens is 1. The molecule has 1 unspecified atom stereocenters. The summed E-state index contributed by atoms with van der Waals surface area (Å²) in [4.78, 5) is 7.27. The monoisotopic (exact) mass is 1010 g/mol. The van der Waals surface area contributed by atoms with Gasteiger partial charge in [0, 0.05) is 43.9 Å². The Morgan fingerprint density at radius 2 is 0.973 bits per heavy atom. The molecule has 1 aliphatic carbocycles. The SMILES string of the molecule is Cc1cc(N(c2ccc(C(C)(C)C)cc2)c2cccc(N(C3=CCC(C)(C(C)(C)C)C=C3)c3c(C)cc(C(C)(C)C)cc3C)c2)c(Cl)c(N(c2ccc(C(C)(C)C)cc2)c2csc3ccc(C(C)(C)C)cc23)c1. The van der Waals surface area contributed by atoms with Crippen molar-refractivity contribution in [1.82, 2.24) is 0 Å². The fraction of sp³-hybridized carbons (Fsp3) is 0.382. The van der Waals surface area contributed by atoms with Crippen LogP contribution < -0.4 is 14.7 Å². The van der Waals surface area contributed by atoms with Crippen LogP contribution in [0.15, 0.2) is 145 Å². The molecule has 6 aromatic carbocycles. The fourth-order valence-electron chi connectivity index (χ4n) is 10.1. The highest BCUT2D eigenvalue weighted by atomic mass is 35.5. The van der Waals surface area contributed by atoms with E-state index < -0.39 is 0 Å². The first-order chi connectivity index (χ1) is 33.9. The fourth-order valence-corrected chi connectivity index (χ4v) is 11.3. The van der Waals surface area contributed by atoms with Crippen molar-refractivity contribution in [3.63, 3.8) is 0 Å². The summed E-state index contributed by atoms with van der Waals surface area (Å²) in [5, 5.41) is 4.20. The number of allylic oxidation sites excluding steroid dienone is 3. The number of hydrogen-bond acceptors (Lipinski definition) is 4.